The van der Waals surface area contributed by atoms with E-state index in [4.69, 9.17) is 9.47 Å². The quantitative estimate of drug-likeness (QED) is 0.563. The molecular weight excluding hydrogens is 204 g/mol. The summed E-state index contributed by atoms with van der Waals surface area (Å²) in [6.45, 7) is 2.24. The average Bonchev–Trinajstić information content (AvgIpc) is 3.06. The SMILES string of the molecule is CCOC(=O)[C@]12CCc3ccccc3[C@H]1O2. The van der Waals surface area contributed by atoms with Crippen LogP contribution in [0.15, 0.2) is 24.3 Å². The van der Waals surface area contributed by atoms with E-state index in [1.54, 1.807) is 0 Å². The second-order valence-corrected chi connectivity index (χ2v) is 4.31. The van der Waals surface area contributed by atoms with E-state index in [0.29, 0.717) is 6.61 Å². The van der Waals surface area contributed by atoms with Gasteiger partial charge in [-0.25, -0.2) is 4.79 Å². The summed E-state index contributed by atoms with van der Waals surface area (Å²) in [4.78, 5) is 11.8. The molecule has 0 spiro atoms. The molecule has 2 atom stereocenters. The Balaban J connectivity index is 1.90. The lowest BCUT2D eigenvalue weighted by molar-refractivity contribution is -0.149. The third kappa shape index (κ3) is 1.21. The lowest BCUT2D eigenvalue weighted by atomic mass is 9.84. The van der Waals surface area contributed by atoms with Gasteiger partial charge >= 0.3 is 5.97 Å². The van der Waals surface area contributed by atoms with Crippen molar-refractivity contribution in [1.29, 1.82) is 0 Å². The van der Waals surface area contributed by atoms with Gasteiger partial charge < -0.3 is 9.47 Å². The summed E-state index contributed by atoms with van der Waals surface area (Å²) in [5.41, 5.74) is 1.79. The van der Waals surface area contributed by atoms with Gasteiger partial charge in [-0.05, 0) is 30.9 Å². The molecule has 1 fully saturated rings. The van der Waals surface area contributed by atoms with Gasteiger partial charge in [0, 0.05) is 0 Å². The van der Waals surface area contributed by atoms with Gasteiger partial charge in [0.2, 0.25) is 0 Å². The molecule has 3 rings (SSSR count). The molecule has 0 unspecified atom stereocenters. The van der Waals surface area contributed by atoms with Crippen LogP contribution >= 0.6 is 0 Å². The number of rotatable bonds is 2. The minimum absolute atomic E-state index is 0.0727. The number of carbonyl (C=O) groups is 1. The Morgan fingerprint density at radius 2 is 2.38 bits per heavy atom. The minimum Gasteiger partial charge on any atom is -0.464 e. The first kappa shape index (κ1) is 9.85. The van der Waals surface area contributed by atoms with Crippen LogP contribution in [0.4, 0.5) is 0 Å². The van der Waals surface area contributed by atoms with Crippen molar-refractivity contribution in [2.24, 2.45) is 0 Å². The Kier molecular flexibility index (Phi) is 2.04. The van der Waals surface area contributed by atoms with E-state index < -0.39 is 5.60 Å². The van der Waals surface area contributed by atoms with Crippen LogP contribution in [0.25, 0.3) is 0 Å². The van der Waals surface area contributed by atoms with Gasteiger partial charge in [0.05, 0.1) is 6.61 Å². The Morgan fingerprint density at radius 3 is 3.19 bits per heavy atom. The number of fused-ring (bicyclic) bond motifs is 3. The summed E-state index contributed by atoms with van der Waals surface area (Å²) < 4.78 is 10.7. The molecule has 0 N–H and O–H groups in total. The summed E-state index contributed by atoms with van der Waals surface area (Å²) >= 11 is 0. The molecule has 1 heterocycles. The van der Waals surface area contributed by atoms with Gasteiger partial charge in [-0.3, -0.25) is 0 Å². The third-order valence-electron chi connectivity index (χ3n) is 3.42. The molecule has 0 aromatic heterocycles. The number of epoxide rings is 1. The fourth-order valence-corrected chi connectivity index (χ4v) is 2.53. The van der Waals surface area contributed by atoms with Gasteiger partial charge in [0.15, 0.2) is 5.60 Å². The van der Waals surface area contributed by atoms with Crippen LogP contribution < -0.4 is 0 Å². The highest BCUT2D eigenvalue weighted by molar-refractivity contribution is 5.84. The molecule has 1 saturated heterocycles. The van der Waals surface area contributed by atoms with E-state index in [1.807, 2.05) is 25.1 Å². The fraction of sp³-hybridized carbons (Fsp3) is 0.462. The van der Waals surface area contributed by atoms with E-state index in [2.05, 4.69) is 6.07 Å². The molecular formula is C13H14O3. The maximum absolute atomic E-state index is 11.8. The van der Waals surface area contributed by atoms with Crippen LogP contribution in [0.5, 0.6) is 0 Å². The van der Waals surface area contributed by atoms with Crippen LogP contribution in [0.3, 0.4) is 0 Å². The van der Waals surface area contributed by atoms with Crippen molar-refractivity contribution < 1.29 is 14.3 Å². The van der Waals surface area contributed by atoms with Crippen molar-refractivity contribution in [1.82, 2.24) is 0 Å². The zero-order valence-electron chi connectivity index (χ0n) is 9.23. The standard InChI is InChI=1S/C13H14O3/c1-2-15-12(14)13-8-7-9-5-3-4-6-10(9)11(13)16-13/h3-6,11H,2,7-8H2,1H3/t11-,13+/m1/s1. The van der Waals surface area contributed by atoms with Crippen LogP contribution in [-0.2, 0) is 20.7 Å². The average molecular weight is 218 g/mol. The molecule has 1 aromatic carbocycles. The first-order chi connectivity index (χ1) is 7.78. The van der Waals surface area contributed by atoms with E-state index in [-0.39, 0.29) is 12.1 Å². The third-order valence-corrected chi connectivity index (χ3v) is 3.42. The molecule has 0 saturated carbocycles. The van der Waals surface area contributed by atoms with E-state index in [9.17, 15) is 4.79 Å². The zero-order chi connectivity index (χ0) is 11.2. The number of aryl methyl sites for hydroxylation is 1. The largest absolute Gasteiger partial charge is 0.464 e. The van der Waals surface area contributed by atoms with Crippen molar-refractivity contribution >= 4 is 5.97 Å². The highest BCUT2D eigenvalue weighted by Crippen LogP contribution is 2.57. The lowest BCUT2D eigenvalue weighted by Gasteiger charge is -2.18. The minimum atomic E-state index is -0.662. The summed E-state index contributed by atoms with van der Waals surface area (Å²) in [5, 5.41) is 0. The van der Waals surface area contributed by atoms with Gasteiger partial charge in [0.1, 0.15) is 6.10 Å². The molecule has 0 radical (unpaired) electrons. The maximum Gasteiger partial charge on any atom is 0.341 e. The number of carbonyl (C=O) groups excluding carboxylic acids is 1. The number of hydrogen-bond acceptors (Lipinski definition) is 3. The van der Waals surface area contributed by atoms with Crippen molar-refractivity contribution in [2.75, 3.05) is 6.61 Å². The summed E-state index contributed by atoms with van der Waals surface area (Å²) in [7, 11) is 0. The molecule has 1 aliphatic carbocycles. The van der Waals surface area contributed by atoms with Gasteiger partial charge in [-0.1, -0.05) is 24.3 Å². The van der Waals surface area contributed by atoms with Gasteiger partial charge in [-0.15, -0.1) is 0 Å². The molecule has 16 heavy (non-hydrogen) atoms. The lowest BCUT2D eigenvalue weighted by Crippen LogP contribution is -2.31. The van der Waals surface area contributed by atoms with E-state index in [0.717, 1.165) is 18.4 Å². The predicted molar refractivity (Wildman–Crippen MR) is 58.0 cm³/mol. The maximum atomic E-state index is 11.8. The Hall–Kier alpha value is -1.35. The van der Waals surface area contributed by atoms with Crippen LogP contribution in [0.1, 0.15) is 30.6 Å². The second-order valence-electron chi connectivity index (χ2n) is 4.31. The molecule has 1 aliphatic heterocycles. The highest BCUT2D eigenvalue weighted by atomic mass is 16.7. The molecule has 3 nitrogen and oxygen atoms in total. The van der Waals surface area contributed by atoms with E-state index in [1.165, 1.54) is 5.56 Å². The zero-order valence-corrected chi connectivity index (χ0v) is 9.23. The van der Waals surface area contributed by atoms with Crippen molar-refractivity contribution in [2.45, 2.75) is 31.5 Å². The number of esters is 1. The monoisotopic (exact) mass is 218 g/mol. The normalized spacial score (nSPS) is 30.2. The molecule has 0 bridgehead atoms. The van der Waals surface area contributed by atoms with Crippen LogP contribution in [0.2, 0.25) is 0 Å². The fourth-order valence-electron chi connectivity index (χ4n) is 2.53. The summed E-state index contributed by atoms with van der Waals surface area (Å²) in [6, 6.07) is 8.16. The second kappa shape index (κ2) is 3.32. The Labute approximate surface area is 94.4 Å². The van der Waals surface area contributed by atoms with Crippen molar-refractivity contribution in [3.05, 3.63) is 35.4 Å². The van der Waals surface area contributed by atoms with Gasteiger partial charge in [-0.2, -0.15) is 0 Å². The molecule has 84 valence electrons. The summed E-state index contributed by atoms with van der Waals surface area (Å²) in [6.07, 6.45) is 1.57. The molecule has 0 amide bonds. The molecule has 1 aromatic rings. The van der Waals surface area contributed by atoms with Crippen molar-refractivity contribution in [3.63, 3.8) is 0 Å². The molecule has 3 heteroatoms. The summed E-state index contributed by atoms with van der Waals surface area (Å²) in [5.74, 6) is -0.200. The predicted octanol–water partition coefficient (Wildman–Crippen LogP) is 2.01. The molecule has 2 aliphatic rings. The Morgan fingerprint density at radius 1 is 1.56 bits per heavy atom. The number of hydrogen-bond donors (Lipinski definition) is 0. The first-order valence-corrected chi connectivity index (χ1v) is 5.71. The first-order valence-electron chi connectivity index (χ1n) is 5.71. The smallest absolute Gasteiger partial charge is 0.341 e. The topological polar surface area (TPSA) is 38.8 Å². The number of benzene rings is 1. The van der Waals surface area contributed by atoms with Crippen LogP contribution in [-0.4, -0.2) is 18.2 Å². The van der Waals surface area contributed by atoms with Gasteiger partial charge in [0.25, 0.3) is 0 Å². The van der Waals surface area contributed by atoms with E-state index >= 15 is 0 Å². The van der Waals surface area contributed by atoms with Crippen molar-refractivity contribution in [3.8, 4) is 0 Å². The van der Waals surface area contributed by atoms with Crippen LogP contribution in [0, 0.1) is 0 Å². The number of ether oxygens (including phenoxy) is 2. The highest BCUT2D eigenvalue weighted by Gasteiger charge is 2.66. The Bertz CT molecular complexity index is 441.